The number of ether oxygens (including phenoxy) is 1. The third-order valence-corrected chi connectivity index (χ3v) is 8.52. The summed E-state index contributed by atoms with van der Waals surface area (Å²) in [6.07, 6.45) is 8.30. The van der Waals surface area contributed by atoms with E-state index in [1.54, 1.807) is 17.7 Å². The Labute approximate surface area is 171 Å². The summed E-state index contributed by atoms with van der Waals surface area (Å²) in [5, 5.41) is 0.978. The van der Waals surface area contributed by atoms with Crippen molar-refractivity contribution in [3.8, 4) is 0 Å². The van der Waals surface area contributed by atoms with Gasteiger partial charge < -0.3 is 14.6 Å². The number of piperazine rings is 1. The summed E-state index contributed by atoms with van der Waals surface area (Å²) in [6, 6.07) is 1.98. The van der Waals surface area contributed by atoms with Crippen LogP contribution in [-0.2, 0) is 14.9 Å². The van der Waals surface area contributed by atoms with Crippen molar-refractivity contribution in [2.24, 2.45) is 0 Å². The maximum Gasteiger partial charge on any atom is 0.282 e. The lowest BCUT2D eigenvalue weighted by atomic mass is 10.1. The molecule has 0 bridgehead atoms. The maximum atomic E-state index is 13.4. The molecule has 5 rings (SSSR count). The van der Waals surface area contributed by atoms with E-state index < -0.39 is 10.2 Å². The number of hydrogen-bond donors (Lipinski definition) is 1. The van der Waals surface area contributed by atoms with Crippen LogP contribution in [0, 0.1) is 0 Å². The van der Waals surface area contributed by atoms with E-state index in [9.17, 15) is 8.42 Å². The minimum Gasteiger partial charge on any atom is -0.377 e. The van der Waals surface area contributed by atoms with Gasteiger partial charge in [-0.15, -0.1) is 0 Å². The van der Waals surface area contributed by atoms with Crippen molar-refractivity contribution in [2.45, 2.75) is 43.7 Å². The number of rotatable bonds is 5. The number of aromatic amines is 1. The summed E-state index contributed by atoms with van der Waals surface area (Å²) >= 11 is 0. The fraction of sp³-hybridized carbons (Fsp3) is 0.684. The molecule has 2 aliphatic heterocycles. The zero-order chi connectivity index (χ0) is 20.1. The number of aromatic nitrogens is 3. The maximum absolute atomic E-state index is 13.4. The van der Waals surface area contributed by atoms with Crippen LogP contribution in [0.1, 0.15) is 32.1 Å². The molecular formula is C19H28N6O3S. The second-order valence-corrected chi connectivity index (χ2v) is 10.4. The first-order valence-electron chi connectivity index (χ1n) is 10.4. The van der Waals surface area contributed by atoms with Gasteiger partial charge in [-0.3, -0.25) is 0 Å². The molecule has 2 aromatic rings. The van der Waals surface area contributed by atoms with Crippen LogP contribution in [0.5, 0.6) is 0 Å². The molecule has 1 spiro atoms. The average molecular weight is 421 g/mol. The molecule has 1 aliphatic carbocycles. The van der Waals surface area contributed by atoms with Gasteiger partial charge in [0.15, 0.2) is 0 Å². The molecule has 29 heavy (non-hydrogen) atoms. The SMILES string of the molecule is CN(CC1CCCCO1)S(=O)(=O)N1CCN(c2ncnc3[nH]ccc23)CC12CC2. The topological polar surface area (TPSA) is 94.7 Å². The number of H-pyrrole nitrogens is 1. The smallest absolute Gasteiger partial charge is 0.282 e. The summed E-state index contributed by atoms with van der Waals surface area (Å²) in [5.41, 5.74) is 0.480. The van der Waals surface area contributed by atoms with Gasteiger partial charge in [-0.1, -0.05) is 0 Å². The largest absolute Gasteiger partial charge is 0.377 e. The predicted octanol–water partition coefficient (Wildman–Crippen LogP) is 1.36. The van der Waals surface area contributed by atoms with E-state index in [2.05, 4.69) is 19.9 Å². The van der Waals surface area contributed by atoms with Crippen LogP contribution in [0.15, 0.2) is 18.6 Å². The minimum atomic E-state index is -3.52. The third kappa shape index (κ3) is 3.41. The van der Waals surface area contributed by atoms with Crippen LogP contribution in [0.2, 0.25) is 0 Å². The molecule has 3 fully saturated rings. The first-order chi connectivity index (χ1) is 14.0. The average Bonchev–Trinajstić information content (AvgIpc) is 3.29. The van der Waals surface area contributed by atoms with Crippen LogP contribution >= 0.6 is 0 Å². The second-order valence-electron chi connectivity index (χ2n) is 8.43. The zero-order valence-electron chi connectivity index (χ0n) is 16.7. The van der Waals surface area contributed by atoms with Crippen LogP contribution in [0.4, 0.5) is 5.82 Å². The van der Waals surface area contributed by atoms with Crippen LogP contribution in [-0.4, -0.2) is 83.5 Å². The number of likely N-dealkylation sites (N-methyl/N-ethyl adjacent to an activating group) is 1. The predicted molar refractivity (Wildman–Crippen MR) is 110 cm³/mol. The second kappa shape index (κ2) is 7.19. The lowest BCUT2D eigenvalue weighted by Gasteiger charge is -2.43. The molecule has 158 valence electrons. The Morgan fingerprint density at radius 3 is 2.93 bits per heavy atom. The molecule has 0 amide bonds. The summed E-state index contributed by atoms with van der Waals surface area (Å²) in [4.78, 5) is 14.1. The Hall–Kier alpha value is -1.75. The molecule has 2 saturated heterocycles. The standard InChI is InChI=1S/C19H28N6O3S/c1-23(12-15-4-2-3-11-28-15)29(26,27)25-10-9-24(13-19(25)6-7-19)18-16-5-8-20-17(16)21-14-22-18/h5,8,14-15H,2-4,6-7,9-13H2,1H3,(H,20,21,22). The van der Waals surface area contributed by atoms with E-state index in [0.717, 1.165) is 55.6 Å². The van der Waals surface area contributed by atoms with Crippen molar-refractivity contribution >= 4 is 27.1 Å². The fourth-order valence-electron chi connectivity index (χ4n) is 4.67. The zero-order valence-corrected chi connectivity index (χ0v) is 17.6. The normalized spacial score (nSPS) is 25.2. The van der Waals surface area contributed by atoms with Gasteiger partial charge in [0, 0.05) is 46.0 Å². The molecule has 1 unspecified atom stereocenters. The molecule has 10 heteroatoms. The molecule has 1 N–H and O–H groups in total. The van der Waals surface area contributed by atoms with Crippen molar-refractivity contribution in [1.82, 2.24) is 23.6 Å². The first kappa shape index (κ1) is 19.2. The highest BCUT2D eigenvalue weighted by Gasteiger charge is 2.56. The van der Waals surface area contributed by atoms with Crippen LogP contribution in [0.3, 0.4) is 0 Å². The third-order valence-electron chi connectivity index (χ3n) is 6.45. The van der Waals surface area contributed by atoms with Gasteiger partial charge in [0.1, 0.15) is 17.8 Å². The Morgan fingerprint density at radius 1 is 1.31 bits per heavy atom. The quantitative estimate of drug-likeness (QED) is 0.785. The summed E-state index contributed by atoms with van der Waals surface area (Å²) in [6.45, 7) is 2.90. The summed E-state index contributed by atoms with van der Waals surface area (Å²) < 4.78 is 35.7. The highest BCUT2D eigenvalue weighted by atomic mass is 32.2. The highest BCUT2D eigenvalue weighted by Crippen LogP contribution is 2.47. The molecular weight excluding hydrogens is 392 g/mol. The van der Waals surface area contributed by atoms with Crippen LogP contribution in [0.25, 0.3) is 11.0 Å². The molecule has 1 saturated carbocycles. The number of nitrogens with one attached hydrogen (secondary N) is 1. The van der Waals surface area contributed by atoms with E-state index in [-0.39, 0.29) is 11.6 Å². The Balaban J connectivity index is 1.33. The number of fused-ring (bicyclic) bond motifs is 1. The fourth-order valence-corrected chi connectivity index (χ4v) is 6.40. The summed E-state index contributed by atoms with van der Waals surface area (Å²) in [7, 11) is -1.84. The van der Waals surface area contributed by atoms with E-state index in [1.165, 1.54) is 4.31 Å². The lowest BCUT2D eigenvalue weighted by molar-refractivity contribution is 0.00766. The van der Waals surface area contributed by atoms with E-state index in [4.69, 9.17) is 4.74 Å². The summed E-state index contributed by atoms with van der Waals surface area (Å²) in [5.74, 6) is 0.878. The molecule has 0 aromatic carbocycles. The van der Waals surface area contributed by atoms with Crippen molar-refractivity contribution in [3.63, 3.8) is 0 Å². The van der Waals surface area contributed by atoms with Gasteiger partial charge in [-0.2, -0.15) is 17.0 Å². The van der Waals surface area contributed by atoms with E-state index in [0.29, 0.717) is 26.2 Å². The van der Waals surface area contributed by atoms with Gasteiger partial charge in [0.2, 0.25) is 0 Å². The Kier molecular flexibility index (Phi) is 4.77. The number of nitrogens with zero attached hydrogens (tertiary/aromatic N) is 5. The molecule has 4 heterocycles. The van der Waals surface area contributed by atoms with Gasteiger partial charge >= 0.3 is 0 Å². The molecule has 0 radical (unpaired) electrons. The monoisotopic (exact) mass is 420 g/mol. The lowest BCUT2D eigenvalue weighted by Crippen LogP contribution is -2.60. The molecule has 2 aromatic heterocycles. The van der Waals surface area contributed by atoms with Gasteiger partial charge in [-0.25, -0.2) is 9.97 Å². The van der Waals surface area contributed by atoms with Crippen LogP contribution < -0.4 is 4.90 Å². The molecule has 3 aliphatic rings. The van der Waals surface area contributed by atoms with Gasteiger partial charge in [-0.05, 0) is 38.2 Å². The Morgan fingerprint density at radius 2 is 2.17 bits per heavy atom. The highest BCUT2D eigenvalue weighted by molar-refractivity contribution is 7.86. The Bertz CT molecular complexity index is 983. The first-order valence-corrected chi connectivity index (χ1v) is 11.8. The van der Waals surface area contributed by atoms with Crippen molar-refractivity contribution < 1.29 is 13.2 Å². The molecule has 1 atom stereocenters. The van der Waals surface area contributed by atoms with Crippen molar-refractivity contribution in [1.29, 1.82) is 0 Å². The van der Waals surface area contributed by atoms with E-state index >= 15 is 0 Å². The molecule has 9 nitrogen and oxygen atoms in total. The van der Waals surface area contributed by atoms with Gasteiger partial charge in [0.05, 0.1) is 17.0 Å². The minimum absolute atomic E-state index is 0.00265. The van der Waals surface area contributed by atoms with E-state index in [1.807, 2.05) is 12.3 Å². The van der Waals surface area contributed by atoms with Gasteiger partial charge in [0.25, 0.3) is 10.2 Å². The van der Waals surface area contributed by atoms with Crippen molar-refractivity contribution in [2.75, 3.05) is 44.7 Å². The number of hydrogen-bond acceptors (Lipinski definition) is 6. The van der Waals surface area contributed by atoms with Crippen molar-refractivity contribution in [3.05, 3.63) is 18.6 Å². The number of anilines is 1.